The fourth-order valence-electron chi connectivity index (χ4n) is 4.89. The van der Waals surface area contributed by atoms with Crippen LogP contribution in [0.5, 0.6) is 17.2 Å². The number of rotatable bonds is 6. The van der Waals surface area contributed by atoms with Crippen LogP contribution in [-0.4, -0.2) is 31.6 Å². The lowest BCUT2D eigenvalue weighted by Crippen LogP contribution is -2.29. The van der Waals surface area contributed by atoms with E-state index in [1.807, 2.05) is 23.9 Å². The first-order valence-electron chi connectivity index (χ1n) is 13.2. The molecule has 6 aromatic rings. The van der Waals surface area contributed by atoms with Crippen LogP contribution in [0.1, 0.15) is 15.9 Å². The minimum Gasteiger partial charge on any atom is -0.492 e. The minimum atomic E-state index is -0.760. The Hall–Kier alpha value is -5.36. The number of thiophene rings is 1. The number of hydrogen-bond acceptors (Lipinski definition) is 7. The molecule has 0 saturated carbocycles. The van der Waals surface area contributed by atoms with Gasteiger partial charge in [-0.3, -0.25) is 19.1 Å². The van der Waals surface area contributed by atoms with Gasteiger partial charge in [0.25, 0.3) is 11.5 Å². The molecule has 0 bridgehead atoms. The summed E-state index contributed by atoms with van der Waals surface area (Å²) in [6.07, 6.45) is 7.26. The van der Waals surface area contributed by atoms with Crippen molar-refractivity contribution in [3.05, 3.63) is 113 Å². The first-order chi connectivity index (χ1) is 20.8. The summed E-state index contributed by atoms with van der Waals surface area (Å²) in [5, 5.41) is 2.60. The van der Waals surface area contributed by atoms with Crippen LogP contribution in [0.25, 0.3) is 26.5 Å². The monoisotopic (exact) mass is 597 g/mol. The molecule has 0 spiro atoms. The van der Waals surface area contributed by atoms with Gasteiger partial charge in [0.1, 0.15) is 22.9 Å². The maximum Gasteiger partial charge on any atom is 0.271 e. The van der Waals surface area contributed by atoms with Crippen LogP contribution in [0.2, 0.25) is 0 Å². The minimum absolute atomic E-state index is 0.0547. The van der Waals surface area contributed by atoms with Crippen molar-refractivity contribution in [1.29, 1.82) is 0 Å². The summed E-state index contributed by atoms with van der Waals surface area (Å²) in [5.74, 6) is -1.38. The van der Waals surface area contributed by atoms with Crippen molar-refractivity contribution >= 4 is 33.1 Å². The number of halogens is 2. The molecule has 0 saturated heterocycles. The van der Waals surface area contributed by atoms with Crippen molar-refractivity contribution < 1.29 is 23.0 Å². The Balaban J connectivity index is 1.16. The van der Waals surface area contributed by atoms with Crippen LogP contribution in [0.4, 0.5) is 14.5 Å². The van der Waals surface area contributed by atoms with Gasteiger partial charge in [0.15, 0.2) is 11.6 Å². The Morgan fingerprint density at radius 2 is 1.88 bits per heavy atom. The molecule has 1 amide bonds. The summed E-state index contributed by atoms with van der Waals surface area (Å²) in [6, 6.07) is 12.9. The summed E-state index contributed by atoms with van der Waals surface area (Å²) >= 11 is 1.43. The SMILES string of the molecule is Cn1cnc(-c2cc3nccc(Oc4ccc(NC(=O)c5c6c(cn(-c7ccc(F)cc7)c5=O)CCO6)cc4F)c3s2)c1. The first kappa shape index (κ1) is 26.5. The number of aryl methyl sites for hydroxylation is 1. The zero-order valence-electron chi connectivity index (χ0n) is 22.5. The number of carbonyl (C=O) groups is 1. The molecule has 1 aliphatic heterocycles. The third-order valence-corrected chi connectivity index (χ3v) is 8.09. The second-order valence-corrected chi connectivity index (χ2v) is 10.9. The molecule has 0 aliphatic carbocycles. The smallest absolute Gasteiger partial charge is 0.271 e. The van der Waals surface area contributed by atoms with Gasteiger partial charge in [-0.05, 0) is 42.5 Å². The quantitative estimate of drug-likeness (QED) is 0.249. The Morgan fingerprint density at radius 3 is 2.65 bits per heavy atom. The van der Waals surface area contributed by atoms with Gasteiger partial charge in [-0.15, -0.1) is 11.3 Å². The number of nitrogens with one attached hydrogen (secondary N) is 1. The number of carbonyl (C=O) groups excluding carboxylic acids is 1. The number of benzene rings is 2. The molecule has 0 atom stereocenters. The van der Waals surface area contributed by atoms with Crippen LogP contribution in [0, 0.1) is 11.6 Å². The summed E-state index contributed by atoms with van der Waals surface area (Å²) in [4.78, 5) is 36.4. The highest BCUT2D eigenvalue weighted by Crippen LogP contribution is 2.39. The molecule has 9 nitrogen and oxygen atoms in total. The highest BCUT2D eigenvalue weighted by molar-refractivity contribution is 7.22. The molecule has 0 fully saturated rings. The lowest BCUT2D eigenvalue weighted by Gasteiger charge is -2.13. The van der Waals surface area contributed by atoms with Crippen LogP contribution in [0.3, 0.4) is 0 Å². The Morgan fingerprint density at radius 1 is 1.05 bits per heavy atom. The second kappa shape index (κ2) is 10.5. The maximum absolute atomic E-state index is 15.3. The normalized spacial score (nSPS) is 12.3. The lowest BCUT2D eigenvalue weighted by molar-refractivity contribution is 0.102. The molecule has 0 unspecified atom stereocenters. The number of anilines is 1. The Kier molecular flexibility index (Phi) is 6.47. The van der Waals surface area contributed by atoms with E-state index < -0.39 is 23.1 Å². The van der Waals surface area contributed by atoms with Gasteiger partial charge in [0.2, 0.25) is 0 Å². The molecule has 0 radical (unpaired) electrons. The van der Waals surface area contributed by atoms with E-state index in [4.69, 9.17) is 9.47 Å². The van der Waals surface area contributed by atoms with Gasteiger partial charge in [-0.25, -0.2) is 13.8 Å². The predicted molar refractivity (Wildman–Crippen MR) is 157 cm³/mol. The average Bonchev–Trinajstić information content (AvgIpc) is 3.74. The molecular weight excluding hydrogens is 576 g/mol. The van der Waals surface area contributed by atoms with E-state index in [1.165, 1.54) is 52.3 Å². The molecule has 1 aliphatic rings. The fraction of sp³-hybridized carbons (Fsp3) is 0.0968. The van der Waals surface area contributed by atoms with Gasteiger partial charge >= 0.3 is 0 Å². The van der Waals surface area contributed by atoms with Crippen LogP contribution < -0.4 is 20.3 Å². The van der Waals surface area contributed by atoms with Gasteiger partial charge in [0, 0.05) is 61.1 Å². The van der Waals surface area contributed by atoms with E-state index >= 15 is 4.39 Å². The molecular formula is C31H21F2N5O4S. The number of amides is 1. The van der Waals surface area contributed by atoms with E-state index in [1.54, 1.807) is 24.8 Å². The van der Waals surface area contributed by atoms with E-state index in [0.29, 0.717) is 35.5 Å². The maximum atomic E-state index is 15.3. The summed E-state index contributed by atoms with van der Waals surface area (Å²) < 4.78 is 44.1. The number of imidazole rings is 1. The molecule has 5 heterocycles. The van der Waals surface area contributed by atoms with Gasteiger partial charge in [-0.2, -0.15) is 0 Å². The molecule has 4 aromatic heterocycles. The molecule has 214 valence electrons. The van der Waals surface area contributed by atoms with Crippen molar-refractivity contribution in [2.45, 2.75) is 6.42 Å². The van der Waals surface area contributed by atoms with E-state index in [0.717, 1.165) is 21.3 Å². The lowest BCUT2D eigenvalue weighted by atomic mass is 10.1. The highest BCUT2D eigenvalue weighted by atomic mass is 32.1. The van der Waals surface area contributed by atoms with Crippen LogP contribution >= 0.6 is 11.3 Å². The number of pyridine rings is 2. The number of aromatic nitrogens is 4. The third kappa shape index (κ3) is 4.91. The number of hydrogen-bond donors (Lipinski definition) is 1. The Labute approximate surface area is 246 Å². The van der Waals surface area contributed by atoms with Gasteiger partial charge in [-0.1, -0.05) is 0 Å². The van der Waals surface area contributed by atoms with Crippen molar-refractivity contribution in [1.82, 2.24) is 19.1 Å². The van der Waals surface area contributed by atoms with Gasteiger partial charge < -0.3 is 19.4 Å². The van der Waals surface area contributed by atoms with E-state index in [9.17, 15) is 14.0 Å². The fourth-order valence-corrected chi connectivity index (χ4v) is 5.91. The standard InChI is InChI=1S/C31H21F2N5O4S/c1-37-15-23(35-16-37)26-13-22-29(43-26)25(8-10-34-22)42-24-7-4-19(12-21(24)33)36-30(39)27-28-17(9-11-41-28)14-38(31(27)40)20-5-2-18(32)3-6-20/h2-8,10,12-16H,9,11H2,1H3,(H,36,39). The molecule has 12 heteroatoms. The van der Waals surface area contributed by atoms with Gasteiger partial charge in [0.05, 0.1) is 33.7 Å². The number of fused-ring (bicyclic) bond motifs is 2. The molecule has 2 aromatic carbocycles. The summed E-state index contributed by atoms with van der Waals surface area (Å²) in [7, 11) is 1.88. The Bertz CT molecular complexity index is 2100. The second-order valence-electron chi connectivity index (χ2n) is 9.87. The highest BCUT2D eigenvalue weighted by Gasteiger charge is 2.27. The topological polar surface area (TPSA) is 100 Å². The first-order valence-corrected chi connectivity index (χ1v) is 14.0. The van der Waals surface area contributed by atoms with Crippen molar-refractivity contribution in [2.24, 2.45) is 7.05 Å². The summed E-state index contributed by atoms with van der Waals surface area (Å²) in [6.45, 7) is 0.305. The van der Waals surface area contributed by atoms with Crippen molar-refractivity contribution in [3.8, 4) is 33.5 Å². The zero-order valence-corrected chi connectivity index (χ0v) is 23.3. The van der Waals surface area contributed by atoms with E-state index in [-0.39, 0.29) is 22.7 Å². The number of nitrogens with zero attached hydrogens (tertiary/aromatic N) is 4. The van der Waals surface area contributed by atoms with Crippen LogP contribution in [-0.2, 0) is 13.5 Å². The third-order valence-electron chi connectivity index (χ3n) is 6.93. The van der Waals surface area contributed by atoms with Crippen molar-refractivity contribution in [2.75, 3.05) is 11.9 Å². The average molecular weight is 598 g/mol. The predicted octanol–water partition coefficient (Wildman–Crippen LogP) is 6.11. The van der Waals surface area contributed by atoms with Crippen molar-refractivity contribution in [3.63, 3.8) is 0 Å². The summed E-state index contributed by atoms with van der Waals surface area (Å²) in [5.41, 5.74) is 1.79. The zero-order chi connectivity index (χ0) is 29.7. The molecule has 1 N–H and O–H groups in total. The van der Waals surface area contributed by atoms with Crippen LogP contribution in [0.15, 0.2) is 84.3 Å². The number of ether oxygens (including phenoxy) is 2. The van der Waals surface area contributed by atoms with E-state index in [2.05, 4.69) is 15.3 Å². The molecule has 7 rings (SSSR count). The molecule has 43 heavy (non-hydrogen) atoms. The largest absolute Gasteiger partial charge is 0.492 e.